The van der Waals surface area contributed by atoms with Crippen molar-refractivity contribution in [1.82, 2.24) is 0 Å². The number of primary amides is 1. The van der Waals surface area contributed by atoms with Gasteiger partial charge in [0.15, 0.2) is 0 Å². The summed E-state index contributed by atoms with van der Waals surface area (Å²) in [5.41, 5.74) is 2.68. The molecule has 0 spiro atoms. The number of hydrogen-bond acceptors (Lipinski definition) is 1. The van der Waals surface area contributed by atoms with E-state index in [1.165, 1.54) is 0 Å². The van der Waals surface area contributed by atoms with E-state index in [0.29, 0.717) is 6.07 Å². The van der Waals surface area contributed by atoms with E-state index >= 15 is 0 Å². The first kappa shape index (κ1) is 10.5. The van der Waals surface area contributed by atoms with Crippen LogP contribution in [0.15, 0.2) is 12.1 Å². The molecule has 0 saturated carbocycles. The summed E-state index contributed by atoms with van der Waals surface area (Å²) in [5.74, 6) is -3.90. The minimum Gasteiger partial charge on any atom is -0.366 e. The van der Waals surface area contributed by atoms with E-state index < -0.39 is 35.1 Å². The first-order chi connectivity index (χ1) is 6.43. The molecule has 14 heavy (non-hydrogen) atoms. The topological polar surface area (TPSA) is 43.1 Å². The van der Waals surface area contributed by atoms with E-state index in [4.69, 9.17) is 0 Å². The number of rotatable bonds is 2. The highest BCUT2D eigenvalue weighted by Crippen LogP contribution is 2.26. The molecule has 0 heterocycles. The smallest absolute Gasteiger partial charge is 0.267 e. The molecular formula is C8H5F4NO. The molecule has 76 valence electrons. The van der Waals surface area contributed by atoms with Crippen molar-refractivity contribution in [3.8, 4) is 0 Å². The normalized spacial score (nSPS) is 10.6. The Hall–Kier alpha value is -1.59. The van der Waals surface area contributed by atoms with Crippen molar-refractivity contribution < 1.29 is 22.4 Å². The van der Waals surface area contributed by atoms with E-state index in [0.717, 1.165) is 0 Å². The zero-order valence-electron chi connectivity index (χ0n) is 6.73. The van der Waals surface area contributed by atoms with Gasteiger partial charge in [-0.05, 0) is 6.07 Å². The van der Waals surface area contributed by atoms with E-state index in [1.54, 1.807) is 0 Å². The van der Waals surface area contributed by atoms with E-state index in [1.807, 2.05) is 0 Å². The Morgan fingerprint density at radius 3 is 2.29 bits per heavy atom. The summed E-state index contributed by atoms with van der Waals surface area (Å²) in [6, 6.07) is 0.751. The second-order valence-corrected chi connectivity index (χ2v) is 2.51. The molecule has 0 aromatic heterocycles. The van der Waals surface area contributed by atoms with Crippen molar-refractivity contribution in [3.63, 3.8) is 0 Å². The fourth-order valence-corrected chi connectivity index (χ4v) is 1.01. The Kier molecular flexibility index (Phi) is 2.73. The zero-order chi connectivity index (χ0) is 10.9. The second kappa shape index (κ2) is 3.65. The molecular weight excluding hydrogens is 202 g/mol. The molecule has 0 aliphatic rings. The molecule has 0 aliphatic carbocycles. The van der Waals surface area contributed by atoms with Crippen LogP contribution in [0.1, 0.15) is 22.3 Å². The third kappa shape index (κ3) is 1.84. The predicted octanol–water partition coefficient (Wildman–Crippen LogP) is 2.00. The molecule has 1 aromatic carbocycles. The van der Waals surface area contributed by atoms with Gasteiger partial charge in [0, 0.05) is 6.07 Å². The standard InChI is InChI=1S/C8H5F4NO/c9-3-1-4(8(13)14)6(7(11)12)5(10)2-3/h1-2,7H,(H2,13,14). The van der Waals surface area contributed by atoms with E-state index in [9.17, 15) is 22.4 Å². The molecule has 1 amide bonds. The van der Waals surface area contributed by atoms with Crippen LogP contribution in [-0.2, 0) is 0 Å². The predicted molar refractivity (Wildman–Crippen MR) is 39.8 cm³/mol. The van der Waals surface area contributed by atoms with Crippen LogP contribution in [0.4, 0.5) is 17.6 Å². The lowest BCUT2D eigenvalue weighted by molar-refractivity contribution is 0.0982. The van der Waals surface area contributed by atoms with Gasteiger partial charge in [0.2, 0.25) is 5.91 Å². The maximum absolute atomic E-state index is 12.8. The average Bonchev–Trinajstić information content (AvgIpc) is 2.01. The number of nitrogens with two attached hydrogens (primary N) is 1. The molecule has 2 N–H and O–H groups in total. The third-order valence-electron chi connectivity index (χ3n) is 1.58. The van der Waals surface area contributed by atoms with Crippen LogP contribution in [0, 0.1) is 11.6 Å². The van der Waals surface area contributed by atoms with Crippen molar-refractivity contribution in [2.75, 3.05) is 0 Å². The average molecular weight is 207 g/mol. The summed E-state index contributed by atoms with van der Waals surface area (Å²) in [4.78, 5) is 10.6. The summed E-state index contributed by atoms with van der Waals surface area (Å²) in [6.07, 6.45) is -3.21. The van der Waals surface area contributed by atoms with Gasteiger partial charge in [0.1, 0.15) is 11.6 Å². The highest BCUT2D eigenvalue weighted by molar-refractivity contribution is 5.94. The Labute approximate surface area is 76.3 Å². The minimum atomic E-state index is -3.21. The summed E-state index contributed by atoms with van der Waals surface area (Å²) >= 11 is 0. The van der Waals surface area contributed by atoms with Gasteiger partial charge in [-0.25, -0.2) is 17.6 Å². The first-order valence-corrected chi connectivity index (χ1v) is 3.50. The Balaban J connectivity index is 3.44. The number of hydrogen-bond donors (Lipinski definition) is 1. The van der Waals surface area contributed by atoms with E-state index in [2.05, 4.69) is 5.73 Å². The van der Waals surface area contributed by atoms with Crippen LogP contribution in [0.5, 0.6) is 0 Å². The molecule has 0 atom stereocenters. The quantitative estimate of drug-likeness (QED) is 0.740. The van der Waals surface area contributed by atoms with Gasteiger partial charge in [-0.15, -0.1) is 0 Å². The molecule has 2 nitrogen and oxygen atoms in total. The highest BCUT2D eigenvalue weighted by atomic mass is 19.3. The molecule has 0 bridgehead atoms. The first-order valence-electron chi connectivity index (χ1n) is 3.50. The highest BCUT2D eigenvalue weighted by Gasteiger charge is 2.22. The number of carbonyl (C=O) groups excluding carboxylic acids is 1. The zero-order valence-corrected chi connectivity index (χ0v) is 6.73. The molecule has 1 aromatic rings. The van der Waals surface area contributed by atoms with Crippen LogP contribution in [0.3, 0.4) is 0 Å². The van der Waals surface area contributed by atoms with Gasteiger partial charge in [0.05, 0.1) is 11.1 Å². The number of halogens is 4. The number of carbonyl (C=O) groups is 1. The van der Waals surface area contributed by atoms with Gasteiger partial charge < -0.3 is 5.73 Å². The molecule has 0 aliphatic heterocycles. The molecule has 1 rings (SSSR count). The summed E-state index contributed by atoms with van der Waals surface area (Å²) in [7, 11) is 0. The largest absolute Gasteiger partial charge is 0.366 e. The van der Waals surface area contributed by atoms with Gasteiger partial charge >= 0.3 is 0 Å². The molecule has 0 unspecified atom stereocenters. The Morgan fingerprint density at radius 2 is 1.86 bits per heavy atom. The Bertz CT molecular complexity index is 378. The molecule has 0 saturated heterocycles. The SMILES string of the molecule is NC(=O)c1cc(F)cc(F)c1C(F)F. The van der Waals surface area contributed by atoms with Crippen molar-refractivity contribution in [3.05, 3.63) is 34.9 Å². The van der Waals surface area contributed by atoms with Gasteiger partial charge in [-0.3, -0.25) is 4.79 Å². The lowest BCUT2D eigenvalue weighted by Crippen LogP contribution is -2.15. The molecule has 6 heteroatoms. The minimum absolute atomic E-state index is 0.272. The van der Waals surface area contributed by atoms with Gasteiger partial charge in [0.25, 0.3) is 6.43 Å². The van der Waals surface area contributed by atoms with Crippen molar-refractivity contribution >= 4 is 5.91 Å². The monoisotopic (exact) mass is 207 g/mol. The van der Waals surface area contributed by atoms with Crippen LogP contribution < -0.4 is 5.73 Å². The van der Waals surface area contributed by atoms with E-state index in [-0.39, 0.29) is 6.07 Å². The van der Waals surface area contributed by atoms with Crippen LogP contribution in [-0.4, -0.2) is 5.91 Å². The van der Waals surface area contributed by atoms with Crippen LogP contribution in [0.2, 0.25) is 0 Å². The second-order valence-electron chi connectivity index (χ2n) is 2.51. The number of benzene rings is 1. The van der Waals surface area contributed by atoms with Crippen LogP contribution in [0.25, 0.3) is 0 Å². The number of amides is 1. The van der Waals surface area contributed by atoms with Crippen LogP contribution >= 0.6 is 0 Å². The molecule has 0 radical (unpaired) electrons. The maximum Gasteiger partial charge on any atom is 0.267 e. The lowest BCUT2D eigenvalue weighted by atomic mass is 10.1. The Morgan fingerprint density at radius 1 is 1.29 bits per heavy atom. The summed E-state index contributed by atoms with van der Waals surface area (Å²) in [6.45, 7) is 0. The van der Waals surface area contributed by atoms with Crippen molar-refractivity contribution in [2.45, 2.75) is 6.43 Å². The van der Waals surface area contributed by atoms with Crippen molar-refractivity contribution in [2.24, 2.45) is 5.73 Å². The fourth-order valence-electron chi connectivity index (χ4n) is 1.01. The maximum atomic E-state index is 12.8. The fraction of sp³-hybridized carbons (Fsp3) is 0.125. The van der Waals surface area contributed by atoms with Gasteiger partial charge in [-0.2, -0.15) is 0 Å². The third-order valence-corrected chi connectivity index (χ3v) is 1.58. The van der Waals surface area contributed by atoms with Gasteiger partial charge in [-0.1, -0.05) is 0 Å². The summed E-state index contributed by atoms with van der Waals surface area (Å²) in [5, 5.41) is 0. The van der Waals surface area contributed by atoms with Crippen molar-refractivity contribution in [1.29, 1.82) is 0 Å². The molecule has 0 fully saturated rings. The summed E-state index contributed by atoms with van der Waals surface area (Å²) < 4.78 is 49.8. The number of alkyl halides is 2. The lowest BCUT2D eigenvalue weighted by Gasteiger charge is -2.06.